The van der Waals surface area contributed by atoms with Crippen molar-refractivity contribution >= 4 is 23.4 Å². The second-order valence-corrected chi connectivity index (χ2v) is 6.03. The third-order valence-electron chi connectivity index (χ3n) is 2.96. The van der Waals surface area contributed by atoms with Gasteiger partial charge in [0.2, 0.25) is 0 Å². The first-order valence-corrected chi connectivity index (χ1v) is 6.69. The Balaban J connectivity index is 2.91. The minimum Gasteiger partial charge on any atom is -0.480 e. The predicted molar refractivity (Wildman–Crippen MR) is 83.9 cm³/mol. The number of carboxylic acids is 1. The number of urea groups is 1. The summed E-state index contributed by atoms with van der Waals surface area (Å²) in [6.45, 7) is 5.05. The summed E-state index contributed by atoms with van der Waals surface area (Å²) in [6.07, 6.45) is 0. The Kier molecular flexibility index (Phi) is 5.18. The van der Waals surface area contributed by atoms with E-state index in [2.05, 4.69) is 5.32 Å². The van der Waals surface area contributed by atoms with Crippen molar-refractivity contribution in [2.75, 3.05) is 30.9 Å². The molecular formula is C15H23N3O3. The van der Waals surface area contributed by atoms with Gasteiger partial charge in [-0.3, -0.25) is 4.79 Å². The van der Waals surface area contributed by atoms with Gasteiger partial charge in [-0.05, 0) is 39.0 Å². The van der Waals surface area contributed by atoms with Gasteiger partial charge in [0.15, 0.2) is 0 Å². The number of aliphatic carboxylic acids is 1. The van der Waals surface area contributed by atoms with Crippen LogP contribution in [0.5, 0.6) is 0 Å². The van der Waals surface area contributed by atoms with Gasteiger partial charge in [0.05, 0.1) is 0 Å². The summed E-state index contributed by atoms with van der Waals surface area (Å²) in [5.41, 5.74) is 1.00. The largest absolute Gasteiger partial charge is 0.480 e. The molecule has 6 heteroatoms. The molecule has 0 saturated heterocycles. The van der Waals surface area contributed by atoms with Crippen LogP contribution < -0.4 is 10.2 Å². The molecule has 0 radical (unpaired) electrons. The van der Waals surface area contributed by atoms with E-state index in [0.29, 0.717) is 5.69 Å². The molecule has 0 aliphatic carbocycles. The average Bonchev–Trinajstić information content (AvgIpc) is 2.34. The van der Waals surface area contributed by atoms with Gasteiger partial charge in [-0.15, -0.1) is 0 Å². The third kappa shape index (κ3) is 4.98. The number of carbonyl (C=O) groups is 2. The normalized spacial score (nSPS) is 10.9. The van der Waals surface area contributed by atoms with Gasteiger partial charge in [0, 0.05) is 31.0 Å². The number of rotatable bonds is 4. The average molecular weight is 293 g/mol. The van der Waals surface area contributed by atoms with Gasteiger partial charge in [-0.2, -0.15) is 0 Å². The molecule has 0 aliphatic heterocycles. The molecule has 1 aromatic carbocycles. The molecule has 21 heavy (non-hydrogen) atoms. The second-order valence-electron chi connectivity index (χ2n) is 6.03. The van der Waals surface area contributed by atoms with Crippen LogP contribution in [0.15, 0.2) is 24.3 Å². The highest BCUT2D eigenvalue weighted by molar-refractivity contribution is 5.92. The maximum absolute atomic E-state index is 12.3. The van der Waals surface area contributed by atoms with Crippen molar-refractivity contribution in [1.82, 2.24) is 4.90 Å². The lowest BCUT2D eigenvalue weighted by Gasteiger charge is -2.34. The Morgan fingerprint density at radius 1 is 1.24 bits per heavy atom. The van der Waals surface area contributed by atoms with Crippen LogP contribution in [-0.2, 0) is 4.79 Å². The second kappa shape index (κ2) is 6.47. The molecule has 0 spiro atoms. The summed E-state index contributed by atoms with van der Waals surface area (Å²) >= 11 is 0. The number of hydrogen-bond acceptors (Lipinski definition) is 3. The number of amides is 2. The quantitative estimate of drug-likeness (QED) is 0.894. The Bertz CT molecular complexity index is 521. The molecule has 0 saturated carbocycles. The van der Waals surface area contributed by atoms with Crippen molar-refractivity contribution in [1.29, 1.82) is 0 Å². The molecular weight excluding hydrogens is 270 g/mol. The molecule has 0 heterocycles. The van der Waals surface area contributed by atoms with Crippen LogP contribution in [0.3, 0.4) is 0 Å². The zero-order chi connectivity index (χ0) is 16.2. The van der Waals surface area contributed by atoms with Crippen LogP contribution in [0.1, 0.15) is 20.8 Å². The molecule has 0 aliphatic rings. The predicted octanol–water partition coefficient (Wildman–Crippen LogP) is 2.47. The molecule has 0 atom stereocenters. The standard InChI is InChI=1S/C15H23N3O3/c1-15(2,3)18(10-13(19)20)14(21)16-11-7-6-8-12(9-11)17(4)5/h6-9H,10H2,1-5H3,(H,16,21)(H,19,20). The highest BCUT2D eigenvalue weighted by atomic mass is 16.4. The molecule has 1 rings (SSSR count). The molecule has 0 fully saturated rings. The molecule has 2 N–H and O–H groups in total. The van der Waals surface area contributed by atoms with Gasteiger partial charge in [-0.25, -0.2) is 4.79 Å². The van der Waals surface area contributed by atoms with E-state index in [1.165, 1.54) is 4.90 Å². The zero-order valence-corrected chi connectivity index (χ0v) is 13.2. The van der Waals surface area contributed by atoms with Crippen LogP contribution in [0.2, 0.25) is 0 Å². The highest BCUT2D eigenvalue weighted by Gasteiger charge is 2.28. The third-order valence-corrected chi connectivity index (χ3v) is 2.96. The van der Waals surface area contributed by atoms with Crippen LogP contribution in [0.4, 0.5) is 16.2 Å². The van der Waals surface area contributed by atoms with E-state index in [9.17, 15) is 9.59 Å². The lowest BCUT2D eigenvalue weighted by Crippen LogP contribution is -2.50. The van der Waals surface area contributed by atoms with E-state index in [1.54, 1.807) is 26.8 Å². The van der Waals surface area contributed by atoms with Gasteiger partial charge < -0.3 is 20.2 Å². The topological polar surface area (TPSA) is 72.9 Å². The first-order valence-electron chi connectivity index (χ1n) is 6.69. The molecule has 0 unspecified atom stereocenters. The first-order chi connectivity index (χ1) is 9.61. The van der Waals surface area contributed by atoms with Crippen molar-refractivity contribution < 1.29 is 14.7 Å². The molecule has 116 valence electrons. The molecule has 1 aromatic rings. The molecule has 6 nitrogen and oxygen atoms in total. The number of benzene rings is 1. The lowest BCUT2D eigenvalue weighted by atomic mass is 10.1. The number of anilines is 2. The maximum Gasteiger partial charge on any atom is 0.323 e. The Morgan fingerprint density at radius 3 is 2.33 bits per heavy atom. The maximum atomic E-state index is 12.3. The van der Waals surface area contributed by atoms with Crippen LogP contribution in [0.25, 0.3) is 0 Å². The van der Waals surface area contributed by atoms with E-state index >= 15 is 0 Å². The van der Waals surface area contributed by atoms with Crippen molar-refractivity contribution in [3.8, 4) is 0 Å². The SMILES string of the molecule is CN(C)c1cccc(NC(=O)N(CC(=O)O)C(C)(C)C)c1. The number of nitrogens with zero attached hydrogens (tertiary/aromatic N) is 2. The summed E-state index contributed by atoms with van der Waals surface area (Å²) in [5.74, 6) is -1.04. The number of carboxylic acid groups (broad SMARTS) is 1. The minimum atomic E-state index is -1.04. The fourth-order valence-electron chi connectivity index (χ4n) is 1.80. The van der Waals surface area contributed by atoms with Crippen LogP contribution >= 0.6 is 0 Å². The molecule has 2 amide bonds. The van der Waals surface area contributed by atoms with Gasteiger partial charge in [0.25, 0.3) is 0 Å². The van der Waals surface area contributed by atoms with E-state index < -0.39 is 17.5 Å². The fraction of sp³-hybridized carbons (Fsp3) is 0.467. The highest BCUT2D eigenvalue weighted by Crippen LogP contribution is 2.19. The zero-order valence-electron chi connectivity index (χ0n) is 13.2. The van der Waals surface area contributed by atoms with Crippen LogP contribution in [-0.4, -0.2) is 48.2 Å². The summed E-state index contributed by atoms with van der Waals surface area (Å²) in [7, 11) is 3.82. The van der Waals surface area contributed by atoms with E-state index in [1.807, 2.05) is 37.2 Å². The number of nitrogens with one attached hydrogen (secondary N) is 1. The molecule has 0 aromatic heterocycles. The summed E-state index contributed by atoms with van der Waals surface area (Å²) in [4.78, 5) is 26.5. The Labute approximate surface area is 125 Å². The number of carbonyl (C=O) groups excluding carboxylic acids is 1. The van der Waals surface area contributed by atoms with Gasteiger partial charge in [0.1, 0.15) is 6.54 Å². The lowest BCUT2D eigenvalue weighted by molar-refractivity contribution is -0.138. The monoisotopic (exact) mass is 293 g/mol. The molecule has 0 bridgehead atoms. The Morgan fingerprint density at radius 2 is 1.86 bits per heavy atom. The summed E-state index contributed by atoms with van der Waals surface area (Å²) < 4.78 is 0. The van der Waals surface area contributed by atoms with Crippen molar-refractivity contribution in [2.45, 2.75) is 26.3 Å². The van der Waals surface area contributed by atoms with Crippen molar-refractivity contribution in [2.24, 2.45) is 0 Å². The van der Waals surface area contributed by atoms with E-state index in [4.69, 9.17) is 5.11 Å². The summed E-state index contributed by atoms with van der Waals surface area (Å²) in [6, 6.07) is 6.94. The van der Waals surface area contributed by atoms with Crippen molar-refractivity contribution in [3.05, 3.63) is 24.3 Å². The smallest absolute Gasteiger partial charge is 0.323 e. The fourth-order valence-corrected chi connectivity index (χ4v) is 1.80. The first kappa shape index (κ1) is 16.8. The van der Waals surface area contributed by atoms with E-state index in [-0.39, 0.29) is 6.54 Å². The van der Waals surface area contributed by atoms with Crippen molar-refractivity contribution in [3.63, 3.8) is 0 Å². The van der Waals surface area contributed by atoms with Gasteiger partial charge in [-0.1, -0.05) is 6.07 Å². The summed E-state index contributed by atoms with van der Waals surface area (Å²) in [5, 5.41) is 11.7. The minimum absolute atomic E-state index is 0.345. The Hall–Kier alpha value is -2.24. The van der Waals surface area contributed by atoms with E-state index in [0.717, 1.165) is 5.69 Å². The van der Waals surface area contributed by atoms with Crippen LogP contribution in [0, 0.1) is 0 Å². The van der Waals surface area contributed by atoms with Gasteiger partial charge >= 0.3 is 12.0 Å². The number of hydrogen-bond donors (Lipinski definition) is 2.